The fourth-order valence-corrected chi connectivity index (χ4v) is 1.62. The Bertz CT molecular complexity index is 281. The van der Waals surface area contributed by atoms with E-state index in [4.69, 9.17) is 4.74 Å². The van der Waals surface area contributed by atoms with Gasteiger partial charge in [-0.3, -0.25) is 4.79 Å². The molecule has 0 aliphatic heterocycles. The highest BCUT2D eigenvalue weighted by Gasteiger charge is 2.23. The summed E-state index contributed by atoms with van der Waals surface area (Å²) in [6.07, 6.45) is 2.52. The molecule has 0 aliphatic rings. The number of ketones is 1. The number of nitrogens with zero attached hydrogens (tertiary/aromatic N) is 1. The number of carbonyl (C=O) groups excluding carboxylic acids is 2. The first-order valence-corrected chi connectivity index (χ1v) is 6.62. The van der Waals surface area contributed by atoms with Gasteiger partial charge < -0.3 is 9.64 Å². The van der Waals surface area contributed by atoms with E-state index in [1.54, 1.807) is 14.0 Å². The van der Waals surface area contributed by atoms with Crippen LogP contribution in [0.1, 0.15) is 53.9 Å². The van der Waals surface area contributed by atoms with Gasteiger partial charge in [0.05, 0.1) is 0 Å². The Kier molecular flexibility index (Phi) is 6.96. The van der Waals surface area contributed by atoms with Crippen LogP contribution >= 0.6 is 0 Å². The third-order valence-electron chi connectivity index (χ3n) is 2.68. The molecule has 106 valence electrons. The molecule has 1 unspecified atom stereocenters. The fourth-order valence-electron chi connectivity index (χ4n) is 1.62. The number of carbonyl (C=O) groups is 2. The zero-order valence-electron chi connectivity index (χ0n) is 12.6. The quantitative estimate of drug-likeness (QED) is 0.733. The van der Waals surface area contributed by atoms with Gasteiger partial charge in [-0.15, -0.1) is 0 Å². The van der Waals surface area contributed by atoms with Crippen molar-refractivity contribution in [2.45, 2.75) is 59.5 Å². The van der Waals surface area contributed by atoms with E-state index in [9.17, 15) is 9.59 Å². The van der Waals surface area contributed by atoms with E-state index in [0.717, 1.165) is 19.3 Å². The molecule has 0 aliphatic carbocycles. The van der Waals surface area contributed by atoms with Crippen molar-refractivity contribution in [1.82, 2.24) is 4.90 Å². The van der Waals surface area contributed by atoms with Crippen LogP contribution in [0.15, 0.2) is 0 Å². The second kappa shape index (κ2) is 7.39. The molecule has 0 saturated heterocycles. The summed E-state index contributed by atoms with van der Waals surface area (Å²) in [6, 6.07) is 0. The number of unbranched alkanes of at least 4 members (excludes halogenated alkanes) is 1. The summed E-state index contributed by atoms with van der Waals surface area (Å²) < 4.78 is 5.26. The Morgan fingerprint density at radius 3 is 2.22 bits per heavy atom. The van der Waals surface area contributed by atoms with E-state index < -0.39 is 5.60 Å². The second-order valence-corrected chi connectivity index (χ2v) is 5.81. The Morgan fingerprint density at radius 1 is 1.28 bits per heavy atom. The molecule has 0 saturated carbocycles. The van der Waals surface area contributed by atoms with Gasteiger partial charge >= 0.3 is 6.09 Å². The zero-order chi connectivity index (χ0) is 14.3. The molecule has 1 amide bonds. The highest BCUT2D eigenvalue weighted by molar-refractivity contribution is 5.79. The normalized spacial score (nSPS) is 13.0. The van der Waals surface area contributed by atoms with Gasteiger partial charge in [0.1, 0.15) is 11.4 Å². The Balaban J connectivity index is 4.36. The number of ether oxygens (including phenoxy) is 1. The number of Topliss-reactive ketones (excluding diaryl/α,β-unsaturated/α-hetero) is 1. The lowest BCUT2D eigenvalue weighted by atomic mass is 9.98. The van der Waals surface area contributed by atoms with Crippen LogP contribution in [0.3, 0.4) is 0 Å². The van der Waals surface area contributed by atoms with E-state index in [0.29, 0.717) is 6.54 Å². The summed E-state index contributed by atoms with van der Waals surface area (Å²) in [4.78, 5) is 24.8. The van der Waals surface area contributed by atoms with Crippen LogP contribution in [0.4, 0.5) is 4.79 Å². The summed E-state index contributed by atoms with van der Waals surface area (Å²) in [5.74, 6) is 0.0568. The molecule has 18 heavy (non-hydrogen) atoms. The molecule has 0 aromatic rings. The van der Waals surface area contributed by atoms with Crippen LogP contribution in [0.25, 0.3) is 0 Å². The minimum atomic E-state index is -0.500. The standard InChI is InChI=1S/C14H27NO3/c1-7-8-9-12(11(2)16)10-15(6)13(17)18-14(3,4)5/h12H,7-10H2,1-6H3. The monoisotopic (exact) mass is 257 g/mol. The lowest BCUT2D eigenvalue weighted by Crippen LogP contribution is -2.38. The predicted molar refractivity (Wildman–Crippen MR) is 72.6 cm³/mol. The molecule has 0 aromatic carbocycles. The topological polar surface area (TPSA) is 46.6 Å². The molecule has 0 bridgehead atoms. The summed E-state index contributed by atoms with van der Waals surface area (Å²) in [6.45, 7) is 9.61. The van der Waals surface area contributed by atoms with Crippen molar-refractivity contribution in [3.8, 4) is 0 Å². The Hall–Kier alpha value is -1.06. The number of amides is 1. The maximum Gasteiger partial charge on any atom is 0.410 e. The molecule has 0 spiro atoms. The lowest BCUT2D eigenvalue weighted by molar-refractivity contribution is -0.121. The summed E-state index contributed by atoms with van der Waals surface area (Å²) in [5, 5.41) is 0. The highest BCUT2D eigenvalue weighted by atomic mass is 16.6. The van der Waals surface area contributed by atoms with Crippen molar-refractivity contribution in [3.63, 3.8) is 0 Å². The molecule has 1 atom stereocenters. The van der Waals surface area contributed by atoms with Crippen LogP contribution in [0.5, 0.6) is 0 Å². The minimum absolute atomic E-state index is 0.0810. The van der Waals surface area contributed by atoms with Crippen molar-refractivity contribution in [3.05, 3.63) is 0 Å². The van der Waals surface area contributed by atoms with Crippen LogP contribution in [0, 0.1) is 5.92 Å². The Morgan fingerprint density at radius 2 is 1.83 bits per heavy atom. The number of hydrogen-bond donors (Lipinski definition) is 0. The first kappa shape index (κ1) is 16.9. The van der Waals surface area contributed by atoms with Gasteiger partial charge in [0.2, 0.25) is 0 Å². The van der Waals surface area contributed by atoms with Gasteiger partial charge in [-0.25, -0.2) is 4.79 Å². The first-order valence-electron chi connectivity index (χ1n) is 6.62. The molecule has 4 heteroatoms. The van der Waals surface area contributed by atoms with Crippen LogP contribution < -0.4 is 0 Å². The summed E-state index contributed by atoms with van der Waals surface area (Å²) in [5.41, 5.74) is -0.500. The van der Waals surface area contributed by atoms with Crippen molar-refractivity contribution < 1.29 is 14.3 Å². The summed E-state index contributed by atoms with van der Waals surface area (Å²) >= 11 is 0. The maximum atomic E-state index is 11.8. The molecule has 0 fully saturated rings. The second-order valence-electron chi connectivity index (χ2n) is 5.81. The maximum absolute atomic E-state index is 11.8. The molecule has 0 aromatic heterocycles. The van der Waals surface area contributed by atoms with Gasteiger partial charge in [-0.05, 0) is 34.1 Å². The lowest BCUT2D eigenvalue weighted by Gasteiger charge is -2.26. The van der Waals surface area contributed by atoms with Gasteiger partial charge in [0.15, 0.2) is 0 Å². The molecular weight excluding hydrogens is 230 g/mol. The summed E-state index contributed by atoms with van der Waals surface area (Å²) in [7, 11) is 1.68. The van der Waals surface area contributed by atoms with Gasteiger partial charge in [0.25, 0.3) is 0 Å². The fraction of sp³-hybridized carbons (Fsp3) is 0.857. The van der Waals surface area contributed by atoms with Crippen molar-refractivity contribution in [1.29, 1.82) is 0 Å². The van der Waals surface area contributed by atoms with Gasteiger partial charge in [0, 0.05) is 19.5 Å². The highest BCUT2D eigenvalue weighted by Crippen LogP contribution is 2.14. The van der Waals surface area contributed by atoms with Crippen LogP contribution in [-0.4, -0.2) is 36.0 Å². The van der Waals surface area contributed by atoms with Gasteiger partial charge in [-0.2, -0.15) is 0 Å². The first-order chi connectivity index (χ1) is 8.17. The third-order valence-corrected chi connectivity index (χ3v) is 2.68. The van der Waals surface area contributed by atoms with Crippen LogP contribution in [-0.2, 0) is 9.53 Å². The Labute approximate surface area is 111 Å². The molecule has 4 nitrogen and oxygen atoms in total. The van der Waals surface area contributed by atoms with E-state index >= 15 is 0 Å². The molecule has 0 radical (unpaired) electrons. The predicted octanol–water partition coefficient (Wildman–Crippen LogP) is 3.25. The van der Waals surface area contributed by atoms with Gasteiger partial charge in [-0.1, -0.05) is 19.8 Å². The number of rotatable bonds is 6. The molecule has 0 heterocycles. The molecular formula is C14H27NO3. The van der Waals surface area contributed by atoms with E-state index in [-0.39, 0.29) is 17.8 Å². The largest absolute Gasteiger partial charge is 0.444 e. The van der Waals surface area contributed by atoms with E-state index in [2.05, 4.69) is 6.92 Å². The average Bonchev–Trinajstić information content (AvgIpc) is 2.20. The van der Waals surface area contributed by atoms with Crippen molar-refractivity contribution in [2.75, 3.05) is 13.6 Å². The smallest absolute Gasteiger partial charge is 0.410 e. The minimum Gasteiger partial charge on any atom is -0.444 e. The average molecular weight is 257 g/mol. The van der Waals surface area contributed by atoms with Crippen LogP contribution in [0.2, 0.25) is 0 Å². The third kappa shape index (κ3) is 7.30. The number of hydrogen-bond acceptors (Lipinski definition) is 3. The SMILES string of the molecule is CCCCC(CN(C)C(=O)OC(C)(C)C)C(C)=O. The van der Waals surface area contributed by atoms with Crippen molar-refractivity contribution in [2.24, 2.45) is 5.92 Å². The zero-order valence-corrected chi connectivity index (χ0v) is 12.6. The van der Waals surface area contributed by atoms with E-state index in [1.807, 2.05) is 20.8 Å². The molecule has 0 N–H and O–H groups in total. The molecule has 0 rings (SSSR count). The van der Waals surface area contributed by atoms with Crippen molar-refractivity contribution >= 4 is 11.9 Å². The van der Waals surface area contributed by atoms with E-state index in [1.165, 1.54) is 4.90 Å².